The smallest absolute Gasteiger partial charge is 0.165 e. The van der Waals surface area contributed by atoms with Gasteiger partial charge >= 0.3 is 0 Å². The Morgan fingerprint density at radius 3 is 2.71 bits per heavy atom. The Morgan fingerprint density at radius 2 is 2.12 bits per heavy atom. The predicted molar refractivity (Wildman–Crippen MR) is 69.7 cm³/mol. The summed E-state index contributed by atoms with van der Waals surface area (Å²) in [6.45, 7) is 4.22. The van der Waals surface area contributed by atoms with Crippen molar-refractivity contribution < 1.29 is 4.39 Å². The zero-order valence-corrected chi connectivity index (χ0v) is 10.7. The fourth-order valence-corrected chi connectivity index (χ4v) is 2.62. The Labute approximate surface area is 105 Å². The molecule has 0 amide bonds. The molecular formula is C13H15FN2S. The van der Waals surface area contributed by atoms with Gasteiger partial charge in [-0.25, -0.2) is 9.37 Å². The molecule has 1 N–H and O–H groups in total. The number of pyridine rings is 1. The molecular weight excluding hydrogens is 235 g/mol. The van der Waals surface area contributed by atoms with E-state index in [0.29, 0.717) is 11.7 Å². The van der Waals surface area contributed by atoms with E-state index in [1.807, 2.05) is 11.4 Å². The average Bonchev–Trinajstić information content (AvgIpc) is 2.81. The van der Waals surface area contributed by atoms with E-state index in [-0.39, 0.29) is 11.9 Å². The molecule has 2 heterocycles. The van der Waals surface area contributed by atoms with Crippen molar-refractivity contribution in [3.05, 3.63) is 46.5 Å². The van der Waals surface area contributed by atoms with E-state index in [2.05, 4.69) is 30.2 Å². The molecule has 1 atom stereocenters. The van der Waals surface area contributed by atoms with E-state index in [9.17, 15) is 4.39 Å². The van der Waals surface area contributed by atoms with Gasteiger partial charge in [0.2, 0.25) is 0 Å². The third kappa shape index (κ3) is 2.82. The molecule has 0 saturated carbocycles. The number of nitrogens with zero attached hydrogens (tertiary/aromatic N) is 1. The number of thiophene rings is 1. The molecule has 0 spiro atoms. The van der Waals surface area contributed by atoms with Crippen LogP contribution in [0.2, 0.25) is 0 Å². The van der Waals surface area contributed by atoms with Gasteiger partial charge in [-0.3, -0.25) is 0 Å². The fourth-order valence-electron chi connectivity index (χ4n) is 1.67. The van der Waals surface area contributed by atoms with Crippen molar-refractivity contribution in [3.8, 4) is 0 Å². The van der Waals surface area contributed by atoms with Crippen LogP contribution in [-0.2, 0) is 0 Å². The van der Waals surface area contributed by atoms with Gasteiger partial charge in [-0.15, -0.1) is 11.3 Å². The van der Waals surface area contributed by atoms with Gasteiger partial charge in [0.25, 0.3) is 0 Å². The van der Waals surface area contributed by atoms with Crippen LogP contribution in [0.4, 0.5) is 10.2 Å². The topological polar surface area (TPSA) is 24.9 Å². The third-order valence-corrected chi connectivity index (χ3v) is 3.52. The molecule has 0 aromatic carbocycles. The second-order valence-corrected chi connectivity index (χ2v) is 5.19. The van der Waals surface area contributed by atoms with Crippen LogP contribution in [0.1, 0.15) is 24.8 Å². The van der Waals surface area contributed by atoms with Gasteiger partial charge in [0.1, 0.15) is 0 Å². The van der Waals surface area contributed by atoms with Crippen molar-refractivity contribution in [2.24, 2.45) is 5.92 Å². The van der Waals surface area contributed by atoms with Gasteiger partial charge in [0, 0.05) is 11.1 Å². The number of hydrogen-bond acceptors (Lipinski definition) is 3. The van der Waals surface area contributed by atoms with Crippen LogP contribution in [0.25, 0.3) is 0 Å². The quantitative estimate of drug-likeness (QED) is 0.884. The highest BCUT2D eigenvalue weighted by atomic mass is 32.1. The van der Waals surface area contributed by atoms with Crippen LogP contribution >= 0.6 is 11.3 Å². The maximum Gasteiger partial charge on any atom is 0.165 e. The Bertz CT molecular complexity index is 468. The van der Waals surface area contributed by atoms with Gasteiger partial charge in [-0.2, -0.15) is 0 Å². The first-order valence-electron chi connectivity index (χ1n) is 5.59. The Balaban J connectivity index is 2.23. The monoisotopic (exact) mass is 250 g/mol. The first-order chi connectivity index (χ1) is 8.18. The third-order valence-electron chi connectivity index (χ3n) is 2.57. The average molecular weight is 250 g/mol. The maximum absolute atomic E-state index is 13.5. The molecule has 0 bridgehead atoms. The zero-order chi connectivity index (χ0) is 12.3. The second kappa shape index (κ2) is 5.27. The summed E-state index contributed by atoms with van der Waals surface area (Å²) < 4.78 is 13.5. The Morgan fingerprint density at radius 1 is 1.29 bits per heavy atom. The summed E-state index contributed by atoms with van der Waals surface area (Å²) in [6.07, 6.45) is 1.59. The summed E-state index contributed by atoms with van der Waals surface area (Å²) >= 11 is 1.67. The lowest BCUT2D eigenvalue weighted by molar-refractivity contribution is 0.543. The van der Waals surface area contributed by atoms with Gasteiger partial charge in [0.15, 0.2) is 11.6 Å². The summed E-state index contributed by atoms with van der Waals surface area (Å²) in [5, 5.41) is 5.20. The molecule has 0 saturated heterocycles. The van der Waals surface area contributed by atoms with Gasteiger partial charge < -0.3 is 5.32 Å². The van der Waals surface area contributed by atoms with E-state index in [4.69, 9.17) is 0 Å². The minimum atomic E-state index is -0.310. The largest absolute Gasteiger partial charge is 0.360 e. The number of anilines is 1. The summed E-state index contributed by atoms with van der Waals surface area (Å²) in [4.78, 5) is 5.23. The molecule has 0 radical (unpaired) electrons. The lowest BCUT2D eigenvalue weighted by Crippen LogP contribution is -2.17. The van der Waals surface area contributed by atoms with E-state index in [0.717, 1.165) is 0 Å². The molecule has 0 aliphatic rings. The van der Waals surface area contributed by atoms with Crippen LogP contribution < -0.4 is 5.32 Å². The van der Waals surface area contributed by atoms with Gasteiger partial charge in [-0.05, 0) is 29.5 Å². The molecule has 17 heavy (non-hydrogen) atoms. The summed E-state index contributed by atoms with van der Waals surface area (Å²) in [5.41, 5.74) is 0. The van der Waals surface area contributed by atoms with Crippen molar-refractivity contribution in [3.63, 3.8) is 0 Å². The fraction of sp³-hybridized carbons (Fsp3) is 0.308. The molecule has 2 aromatic heterocycles. The van der Waals surface area contributed by atoms with Crippen molar-refractivity contribution in [1.29, 1.82) is 0 Å². The van der Waals surface area contributed by atoms with Crippen molar-refractivity contribution in [2.75, 3.05) is 5.32 Å². The highest BCUT2D eigenvalue weighted by molar-refractivity contribution is 7.10. The number of nitrogens with one attached hydrogen (secondary N) is 1. The Hall–Kier alpha value is -1.42. The van der Waals surface area contributed by atoms with Crippen molar-refractivity contribution in [1.82, 2.24) is 4.98 Å². The summed E-state index contributed by atoms with van der Waals surface area (Å²) in [6, 6.07) is 7.17. The number of hydrogen-bond donors (Lipinski definition) is 1. The highest BCUT2D eigenvalue weighted by Crippen LogP contribution is 2.29. The molecule has 4 heteroatoms. The maximum atomic E-state index is 13.5. The van der Waals surface area contributed by atoms with Crippen molar-refractivity contribution >= 4 is 17.2 Å². The molecule has 0 aliphatic heterocycles. The first-order valence-corrected chi connectivity index (χ1v) is 6.47. The normalized spacial score (nSPS) is 12.7. The first kappa shape index (κ1) is 12.0. The molecule has 2 rings (SSSR count). The SMILES string of the molecule is CC(C)C(Nc1ncccc1F)c1cccs1. The lowest BCUT2D eigenvalue weighted by atomic mass is 10.0. The minimum absolute atomic E-state index is 0.0967. The zero-order valence-electron chi connectivity index (χ0n) is 9.85. The van der Waals surface area contributed by atoms with Crippen molar-refractivity contribution in [2.45, 2.75) is 19.9 Å². The van der Waals surface area contributed by atoms with E-state index in [1.54, 1.807) is 23.6 Å². The molecule has 1 unspecified atom stereocenters. The molecule has 90 valence electrons. The number of rotatable bonds is 4. The standard InChI is InChI=1S/C13H15FN2S/c1-9(2)12(11-6-4-8-17-11)16-13-10(14)5-3-7-15-13/h3-9,12H,1-2H3,(H,15,16). The van der Waals surface area contributed by atoms with Gasteiger partial charge in [0.05, 0.1) is 6.04 Å². The van der Waals surface area contributed by atoms with Crippen LogP contribution in [0.15, 0.2) is 35.8 Å². The highest BCUT2D eigenvalue weighted by Gasteiger charge is 2.18. The van der Waals surface area contributed by atoms with E-state index < -0.39 is 0 Å². The lowest BCUT2D eigenvalue weighted by Gasteiger charge is -2.21. The second-order valence-electron chi connectivity index (χ2n) is 4.22. The number of aromatic nitrogens is 1. The van der Waals surface area contributed by atoms with E-state index >= 15 is 0 Å². The minimum Gasteiger partial charge on any atom is -0.360 e. The van der Waals surface area contributed by atoms with Crippen LogP contribution in [0, 0.1) is 11.7 Å². The molecule has 2 nitrogen and oxygen atoms in total. The van der Waals surface area contributed by atoms with E-state index in [1.165, 1.54) is 10.9 Å². The summed E-state index contributed by atoms with van der Waals surface area (Å²) in [5.74, 6) is 0.379. The summed E-state index contributed by atoms with van der Waals surface area (Å²) in [7, 11) is 0. The number of halogens is 1. The van der Waals surface area contributed by atoms with Crippen LogP contribution in [0.5, 0.6) is 0 Å². The molecule has 0 aliphatic carbocycles. The Kier molecular flexibility index (Phi) is 3.74. The molecule has 0 fully saturated rings. The van der Waals surface area contributed by atoms with Crippen LogP contribution in [0.3, 0.4) is 0 Å². The van der Waals surface area contributed by atoms with Gasteiger partial charge in [-0.1, -0.05) is 19.9 Å². The predicted octanol–water partition coefficient (Wildman–Crippen LogP) is 4.09. The molecule has 2 aromatic rings. The van der Waals surface area contributed by atoms with Crippen LogP contribution in [-0.4, -0.2) is 4.98 Å².